The van der Waals surface area contributed by atoms with Gasteiger partial charge in [0, 0.05) is 35.0 Å². The average Bonchev–Trinajstić information content (AvgIpc) is 3.02. The van der Waals surface area contributed by atoms with Gasteiger partial charge in [0.1, 0.15) is 17.3 Å². The second kappa shape index (κ2) is 13.7. The number of nitrogens with one attached hydrogen (secondary N) is 4. The molecule has 0 unspecified atom stereocenters. The molecule has 4 aromatic carbocycles. The van der Waals surface area contributed by atoms with Crippen LogP contribution in [0.3, 0.4) is 0 Å². The van der Waals surface area contributed by atoms with Gasteiger partial charge in [0.25, 0.3) is 0 Å². The molecule has 0 aliphatic rings. The second-order valence-electron chi connectivity index (χ2n) is 11.4. The van der Waals surface area contributed by atoms with Gasteiger partial charge in [0.2, 0.25) is 0 Å². The van der Waals surface area contributed by atoms with E-state index in [0.29, 0.717) is 40.1 Å². The van der Waals surface area contributed by atoms with Gasteiger partial charge in [-0.3, -0.25) is 0 Å². The van der Waals surface area contributed by atoms with Gasteiger partial charge >= 0.3 is 12.0 Å². The number of carbonyl (C=O) groups excluding carboxylic acids is 1. The molecule has 0 saturated carbocycles. The third kappa shape index (κ3) is 7.44. The van der Waals surface area contributed by atoms with Gasteiger partial charge < -0.3 is 35.3 Å². The number of rotatable bonds is 10. The number of carbonyl (C=O) groups is 2. The van der Waals surface area contributed by atoms with Crippen LogP contribution in [-0.4, -0.2) is 35.5 Å². The maximum atomic E-state index is 13.4. The van der Waals surface area contributed by atoms with Crippen molar-refractivity contribution in [3.63, 3.8) is 0 Å². The SMILES string of the molecule is COc1c(NSC)cc(C(C)(C)C)cc1NC(=O)Nc1ccc(Oc2ccnc(Nc3ccc(C(=O)O)cc3)c2)c2ccccc12. The molecule has 11 heteroatoms. The molecule has 2 amide bonds. The largest absolute Gasteiger partial charge is 0.492 e. The molecule has 0 radical (unpaired) electrons. The van der Waals surface area contributed by atoms with E-state index in [4.69, 9.17) is 14.6 Å². The van der Waals surface area contributed by atoms with Crippen molar-refractivity contribution < 1.29 is 24.2 Å². The predicted molar refractivity (Wildman–Crippen MR) is 186 cm³/mol. The summed E-state index contributed by atoms with van der Waals surface area (Å²) in [4.78, 5) is 28.9. The summed E-state index contributed by atoms with van der Waals surface area (Å²) in [5.41, 5.74) is 3.70. The van der Waals surface area contributed by atoms with Crippen LogP contribution in [0.2, 0.25) is 0 Å². The molecule has 0 saturated heterocycles. The number of hydrogen-bond acceptors (Lipinski definition) is 8. The van der Waals surface area contributed by atoms with Gasteiger partial charge in [-0.05, 0) is 65.6 Å². The molecule has 0 spiro atoms. The molecule has 10 nitrogen and oxygen atoms in total. The number of amides is 2. The van der Waals surface area contributed by atoms with Crippen molar-refractivity contribution in [1.82, 2.24) is 4.98 Å². The Morgan fingerprint density at radius 3 is 2.22 bits per heavy atom. The van der Waals surface area contributed by atoms with E-state index in [1.54, 1.807) is 49.7 Å². The summed E-state index contributed by atoms with van der Waals surface area (Å²) in [6, 6.07) is 24.7. The number of carboxylic acids is 1. The normalized spacial score (nSPS) is 11.1. The number of fused-ring (bicyclic) bond motifs is 1. The Balaban J connectivity index is 1.36. The molecule has 5 aromatic rings. The fourth-order valence-corrected chi connectivity index (χ4v) is 5.19. The third-order valence-electron chi connectivity index (χ3n) is 7.12. The van der Waals surface area contributed by atoms with Crippen LogP contribution in [0.15, 0.2) is 91.1 Å². The van der Waals surface area contributed by atoms with Crippen molar-refractivity contribution in [2.45, 2.75) is 26.2 Å². The van der Waals surface area contributed by atoms with Crippen LogP contribution in [-0.2, 0) is 5.41 Å². The standard InChI is InChI=1S/C35H35N5O5S/c1-35(2,3)22-18-28(32(44-4)29(19-22)40-46-5)39-34(43)38-27-14-15-30(26-9-7-6-8-25(26)27)45-24-16-17-36-31(20-24)37-23-12-10-21(11-13-23)33(41)42/h6-20,40H,1-5H3,(H,36,37)(H,41,42)(H2,38,39,43). The van der Waals surface area contributed by atoms with Crippen LogP contribution in [0.1, 0.15) is 36.7 Å². The Labute approximate surface area is 271 Å². The molecule has 0 atom stereocenters. The highest BCUT2D eigenvalue weighted by Gasteiger charge is 2.21. The number of aromatic nitrogens is 1. The lowest BCUT2D eigenvalue weighted by molar-refractivity contribution is 0.0697. The number of hydrogen-bond donors (Lipinski definition) is 5. The summed E-state index contributed by atoms with van der Waals surface area (Å²) in [5, 5.41) is 19.9. The van der Waals surface area contributed by atoms with E-state index < -0.39 is 12.0 Å². The molecule has 5 N–H and O–H groups in total. The van der Waals surface area contributed by atoms with Crippen molar-refractivity contribution in [3.05, 3.63) is 102 Å². The van der Waals surface area contributed by atoms with Crippen LogP contribution in [0, 0.1) is 0 Å². The quantitative estimate of drug-likeness (QED) is 0.0951. The number of aromatic carboxylic acids is 1. The van der Waals surface area contributed by atoms with E-state index in [1.807, 2.05) is 42.7 Å². The smallest absolute Gasteiger partial charge is 0.335 e. The van der Waals surface area contributed by atoms with Gasteiger partial charge in [-0.15, -0.1) is 0 Å². The van der Waals surface area contributed by atoms with E-state index in [-0.39, 0.29) is 11.0 Å². The lowest BCUT2D eigenvalue weighted by Crippen LogP contribution is -2.21. The van der Waals surface area contributed by atoms with E-state index in [1.165, 1.54) is 24.1 Å². The van der Waals surface area contributed by atoms with Gasteiger partial charge in [0.15, 0.2) is 5.75 Å². The van der Waals surface area contributed by atoms with Crippen LogP contribution >= 0.6 is 11.9 Å². The molecule has 46 heavy (non-hydrogen) atoms. The first-order valence-corrected chi connectivity index (χ1v) is 15.6. The molecular weight excluding hydrogens is 602 g/mol. The first kappa shape index (κ1) is 32.0. The van der Waals surface area contributed by atoms with E-state index >= 15 is 0 Å². The lowest BCUT2D eigenvalue weighted by Gasteiger charge is -2.24. The highest BCUT2D eigenvalue weighted by molar-refractivity contribution is 7.99. The molecular formula is C35H35N5O5S. The minimum Gasteiger partial charge on any atom is -0.492 e. The average molecular weight is 638 g/mol. The highest BCUT2D eigenvalue weighted by Crippen LogP contribution is 2.40. The van der Waals surface area contributed by atoms with E-state index in [0.717, 1.165) is 22.0 Å². The first-order valence-electron chi connectivity index (χ1n) is 14.4. The summed E-state index contributed by atoms with van der Waals surface area (Å²) < 4.78 is 15.2. The number of nitrogens with zero attached hydrogens (tertiary/aromatic N) is 1. The summed E-state index contributed by atoms with van der Waals surface area (Å²) in [5.74, 6) is 1.22. The predicted octanol–water partition coefficient (Wildman–Crippen LogP) is 9.11. The zero-order chi connectivity index (χ0) is 32.8. The minimum atomic E-state index is -0.988. The molecule has 0 aliphatic carbocycles. The van der Waals surface area contributed by atoms with Crippen molar-refractivity contribution in [1.29, 1.82) is 0 Å². The lowest BCUT2D eigenvalue weighted by atomic mass is 9.86. The zero-order valence-corrected chi connectivity index (χ0v) is 26.9. The fourth-order valence-electron chi connectivity index (χ4n) is 4.82. The third-order valence-corrected chi connectivity index (χ3v) is 7.54. The molecule has 1 aromatic heterocycles. The number of methoxy groups -OCH3 is 1. The summed E-state index contributed by atoms with van der Waals surface area (Å²) in [7, 11) is 1.58. The van der Waals surface area contributed by atoms with Crippen molar-refractivity contribution in [3.8, 4) is 17.2 Å². The molecule has 0 bridgehead atoms. The van der Waals surface area contributed by atoms with E-state index in [2.05, 4.69) is 46.4 Å². The minimum absolute atomic E-state index is 0.154. The molecule has 5 rings (SSSR count). The van der Waals surface area contributed by atoms with E-state index in [9.17, 15) is 9.59 Å². The van der Waals surface area contributed by atoms with Gasteiger partial charge in [0.05, 0.1) is 29.7 Å². The second-order valence-corrected chi connectivity index (χ2v) is 12.0. The Bertz CT molecular complexity index is 1890. The number of urea groups is 1. The molecule has 236 valence electrons. The topological polar surface area (TPSA) is 134 Å². The van der Waals surface area contributed by atoms with Crippen molar-refractivity contribution >= 4 is 63.3 Å². The Morgan fingerprint density at radius 2 is 1.54 bits per heavy atom. The zero-order valence-electron chi connectivity index (χ0n) is 26.1. The molecule has 0 fully saturated rings. The maximum absolute atomic E-state index is 13.4. The van der Waals surface area contributed by atoms with Gasteiger partial charge in [-0.1, -0.05) is 57.0 Å². The summed E-state index contributed by atoms with van der Waals surface area (Å²) >= 11 is 1.44. The van der Waals surface area contributed by atoms with Gasteiger partial charge in [-0.25, -0.2) is 14.6 Å². The Morgan fingerprint density at radius 1 is 0.848 bits per heavy atom. The van der Waals surface area contributed by atoms with Gasteiger partial charge in [-0.2, -0.15) is 0 Å². The van der Waals surface area contributed by atoms with Crippen molar-refractivity contribution in [2.75, 3.05) is 34.0 Å². The maximum Gasteiger partial charge on any atom is 0.335 e. The monoisotopic (exact) mass is 637 g/mol. The van der Waals surface area contributed by atoms with Crippen LogP contribution in [0.25, 0.3) is 10.8 Å². The number of anilines is 5. The Hall–Kier alpha value is -5.42. The summed E-state index contributed by atoms with van der Waals surface area (Å²) in [6.07, 6.45) is 3.55. The fraction of sp³-hybridized carbons (Fsp3) is 0.171. The van der Waals surface area contributed by atoms with Crippen LogP contribution < -0.4 is 30.1 Å². The number of carboxylic acid groups (broad SMARTS) is 1. The molecule has 0 aliphatic heterocycles. The first-order chi connectivity index (χ1) is 22.0. The number of pyridine rings is 1. The van der Waals surface area contributed by atoms with Crippen molar-refractivity contribution in [2.24, 2.45) is 0 Å². The Kier molecular flexibility index (Phi) is 9.53. The van der Waals surface area contributed by atoms with Crippen LogP contribution in [0.5, 0.6) is 17.2 Å². The highest BCUT2D eigenvalue weighted by atomic mass is 32.2. The number of ether oxygens (including phenoxy) is 2. The molecule has 1 heterocycles. The number of benzene rings is 4. The summed E-state index contributed by atoms with van der Waals surface area (Å²) in [6.45, 7) is 6.34. The van der Waals surface area contributed by atoms with Crippen LogP contribution in [0.4, 0.5) is 33.4 Å².